The summed E-state index contributed by atoms with van der Waals surface area (Å²) >= 11 is 0. The number of anilines is 14. The maximum atomic E-state index is 2.63. The SMILES string of the molecule is c1ccc(N2c3ccccc3B3c4cc5c(cc4N(c4ccccc4)c4cc(N6CC6)cc2c43)N(c2ccccc2)c2cc(N3CC3)cc3c2B5c2ccccc2N3c2ccccc2)cc1. The Kier molecular flexibility index (Phi) is 7.53. The van der Waals surface area contributed by atoms with Gasteiger partial charge in [0.2, 0.25) is 0 Å². The van der Waals surface area contributed by atoms with Crippen LogP contribution in [-0.2, 0) is 0 Å². The van der Waals surface area contributed by atoms with E-state index < -0.39 is 0 Å². The van der Waals surface area contributed by atoms with E-state index in [1.165, 1.54) is 101 Å². The second-order valence-electron chi connectivity index (χ2n) is 18.4. The molecule has 6 aliphatic heterocycles. The summed E-state index contributed by atoms with van der Waals surface area (Å²) < 4.78 is 0. The minimum absolute atomic E-state index is 0.00888. The summed E-state index contributed by atoms with van der Waals surface area (Å²) in [6.45, 7) is 4.25. The van der Waals surface area contributed by atoms with Gasteiger partial charge in [0.1, 0.15) is 0 Å². The Balaban J connectivity index is 1.07. The van der Waals surface area contributed by atoms with E-state index in [2.05, 4.69) is 236 Å². The van der Waals surface area contributed by atoms with Gasteiger partial charge in [-0.15, -0.1) is 0 Å². The standard InChI is InChI=1S/C58H42B2N6/c1-5-17-39(18-6-1)63-49-27-15-13-25-45(49)59-47-37-48-52(38-51(47)65(41-21-9-3-10-22-41)55-35-43(61-29-30-61)33-53(63)57(55)59)66(42-23-11-4-12-24-42)56-36-44(62-31-32-62)34-54-58(56)60(48)46-26-14-16-28-50(46)64(54)40-19-7-2-8-20-40/h1-28,33-38H,29-32H2. The quantitative estimate of drug-likeness (QED) is 0.122. The summed E-state index contributed by atoms with van der Waals surface area (Å²) in [5.74, 6) is 0. The Bertz CT molecular complexity index is 3210. The van der Waals surface area contributed by atoms with Crippen molar-refractivity contribution in [2.75, 3.05) is 55.6 Å². The summed E-state index contributed by atoms with van der Waals surface area (Å²) in [6, 6.07) is 77.5. The van der Waals surface area contributed by atoms with E-state index in [0.717, 1.165) is 37.6 Å². The fourth-order valence-electron chi connectivity index (χ4n) is 11.8. The third-order valence-corrected chi connectivity index (χ3v) is 14.7. The van der Waals surface area contributed by atoms with Crippen molar-refractivity contribution >= 4 is 126 Å². The molecule has 0 aromatic heterocycles. The lowest BCUT2D eigenvalue weighted by Crippen LogP contribution is -2.65. The zero-order chi connectivity index (χ0) is 43.0. The van der Waals surface area contributed by atoms with Crippen molar-refractivity contribution in [3.05, 3.63) is 206 Å². The monoisotopic (exact) mass is 844 g/mol. The van der Waals surface area contributed by atoms with E-state index in [-0.39, 0.29) is 13.4 Å². The molecule has 9 aromatic rings. The van der Waals surface area contributed by atoms with Gasteiger partial charge in [0.25, 0.3) is 13.4 Å². The Morgan fingerprint density at radius 2 is 0.545 bits per heavy atom. The average Bonchev–Trinajstić information content (AvgIpc) is 4.32. The molecule has 15 rings (SSSR count). The van der Waals surface area contributed by atoms with Crippen LogP contribution in [0.2, 0.25) is 0 Å². The summed E-state index contributed by atoms with van der Waals surface area (Å²) in [5, 5.41) is 0. The second-order valence-corrected chi connectivity index (χ2v) is 18.4. The van der Waals surface area contributed by atoms with Crippen molar-refractivity contribution in [1.82, 2.24) is 0 Å². The topological polar surface area (TPSA) is 19.0 Å². The summed E-state index contributed by atoms with van der Waals surface area (Å²) in [4.78, 5) is 15.2. The lowest BCUT2D eigenvalue weighted by molar-refractivity contribution is 1.22. The molecular weight excluding hydrogens is 802 g/mol. The lowest BCUT2D eigenvalue weighted by atomic mass is 9.30. The van der Waals surface area contributed by atoms with Gasteiger partial charge in [-0.3, -0.25) is 0 Å². The zero-order valence-electron chi connectivity index (χ0n) is 36.3. The molecule has 66 heavy (non-hydrogen) atoms. The minimum Gasteiger partial charge on any atom is -0.368 e. The number of fused-ring (bicyclic) bond motifs is 8. The molecule has 310 valence electrons. The highest BCUT2D eigenvalue weighted by atomic mass is 15.3. The number of rotatable bonds is 6. The summed E-state index contributed by atoms with van der Waals surface area (Å²) in [6.07, 6.45) is 0. The van der Waals surface area contributed by atoms with Crippen LogP contribution in [0.25, 0.3) is 0 Å². The fourth-order valence-corrected chi connectivity index (χ4v) is 11.8. The van der Waals surface area contributed by atoms with E-state index in [1.54, 1.807) is 0 Å². The highest BCUT2D eigenvalue weighted by Gasteiger charge is 2.49. The lowest BCUT2D eigenvalue weighted by Gasteiger charge is -2.47. The third-order valence-electron chi connectivity index (χ3n) is 14.7. The zero-order valence-corrected chi connectivity index (χ0v) is 36.3. The molecule has 2 saturated heterocycles. The van der Waals surface area contributed by atoms with Gasteiger partial charge in [-0.2, -0.15) is 0 Å². The summed E-state index contributed by atoms with van der Waals surface area (Å²) in [5.41, 5.74) is 25.0. The van der Waals surface area contributed by atoms with Crippen LogP contribution in [0.15, 0.2) is 206 Å². The van der Waals surface area contributed by atoms with Gasteiger partial charge in [-0.05, 0) is 124 Å². The normalized spacial score (nSPS) is 15.4. The van der Waals surface area contributed by atoms with Crippen LogP contribution >= 0.6 is 0 Å². The molecule has 0 spiro atoms. The Hall–Kier alpha value is -8.09. The van der Waals surface area contributed by atoms with Crippen molar-refractivity contribution in [2.45, 2.75) is 0 Å². The first-order valence-corrected chi connectivity index (χ1v) is 23.4. The Morgan fingerprint density at radius 3 is 0.879 bits per heavy atom. The number of nitrogens with zero attached hydrogens (tertiary/aromatic N) is 6. The molecule has 9 aromatic carbocycles. The van der Waals surface area contributed by atoms with Gasteiger partial charge in [0.15, 0.2) is 0 Å². The molecule has 0 atom stereocenters. The van der Waals surface area contributed by atoms with E-state index in [9.17, 15) is 0 Å². The van der Waals surface area contributed by atoms with Crippen molar-refractivity contribution in [1.29, 1.82) is 0 Å². The highest BCUT2D eigenvalue weighted by molar-refractivity contribution is 7.03. The fraction of sp³-hybridized carbons (Fsp3) is 0.0690. The maximum absolute atomic E-state index is 2.63. The average molecular weight is 845 g/mol. The first kappa shape index (κ1) is 36.3. The van der Waals surface area contributed by atoms with Crippen LogP contribution in [-0.4, -0.2) is 39.6 Å². The highest BCUT2D eigenvalue weighted by Crippen LogP contribution is 2.50. The Morgan fingerprint density at radius 1 is 0.242 bits per heavy atom. The first-order chi connectivity index (χ1) is 32.8. The third kappa shape index (κ3) is 5.21. The molecule has 0 saturated carbocycles. The molecule has 8 heteroatoms. The molecule has 0 radical (unpaired) electrons. The van der Waals surface area contributed by atoms with E-state index in [4.69, 9.17) is 0 Å². The first-order valence-electron chi connectivity index (χ1n) is 23.4. The molecule has 0 unspecified atom stereocenters. The van der Waals surface area contributed by atoms with Crippen molar-refractivity contribution in [2.24, 2.45) is 0 Å². The molecular formula is C58H42B2N6. The van der Waals surface area contributed by atoms with Crippen molar-refractivity contribution in [3.8, 4) is 0 Å². The molecule has 0 aliphatic carbocycles. The van der Waals surface area contributed by atoms with Crippen LogP contribution in [0.5, 0.6) is 0 Å². The van der Waals surface area contributed by atoms with Crippen LogP contribution < -0.4 is 62.2 Å². The predicted molar refractivity (Wildman–Crippen MR) is 279 cm³/mol. The van der Waals surface area contributed by atoms with Crippen LogP contribution in [0.3, 0.4) is 0 Å². The minimum atomic E-state index is -0.00888. The van der Waals surface area contributed by atoms with Gasteiger partial charge >= 0.3 is 0 Å². The van der Waals surface area contributed by atoms with Gasteiger partial charge in [0.05, 0.1) is 0 Å². The van der Waals surface area contributed by atoms with E-state index in [1.807, 2.05) is 0 Å². The molecule has 2 fully saturated rings. The van der Waals surface area contributed by atoms with E-state index in [0.29, 0.717) is 0 Å². The number of hydrogen-bond acceptors (Lipinski definition) is 6. The molecule has 6 aliphatic rings. The number of hydrogen-bond donors (Lipinski definition) is 0. The molecule has 6 nitrogen and oxygen atoms in total. The number of benzene rings is 9. The van der Waals surface area contributed by atoms with Crippen molar-refractivity contribution in [3.63, 3.8) is 0 Å². The number of para-hydroxylation sites is 6. The smallest absolute Gasteiger partial charge is 0.252 e. The van der Waals surface area contributed by atoms with Gasteiger partial charge in [0, 0.05) is 106 Å². The molecule has 0 bridgehead atoms. The van der Waals surface area contributed by atoms with Gasteiger partial charge < -0.3 is 29.4 Å². The second kappa shape index (κ2) is 13.7. The van der Waals surface area contributed by atoms with E-state index >= 15 is 0 Å². The molecule has 0 amide bonds. The Labute approximate surface area is 386 Å². The largest absolute Gasteiger partial charge is 0.368 e. The van der Waals surface area contributed by atoms with Crippen LogP contribution in [0.1, 0.15) is 0 Å². The molecule has 0 N–H and O–H groups in total. The van der Waals surface area contributed by atoms with Crippen LogP contribution in [0.4, 0.5) is 79.6 Å². The predicted octanol–water partition coefficient (Wildman–Crippen LogP) is 9.49. The summed E-state index contributed by atoms with van der Waals surface area (Å²) in [7, 11) is 0. The van der Waals surface area contributed by atoms with Gasteiger partial charge in [-0.25, -0.2) is 0 Å². The maximum Gasteiger partial charge on any atom is 0.252 e. The van der Waals surface area contributed by atoms with Gasteiger partial charge in [-0.1, -0.05) is 115 Å². The van der Waals surface area contributed by atoms with Crippen molar-refractivity contribution < 1.29 is 0 Å². The molecule has 6 heterocycles. The van der Waals surface area contributed by atoms with Crippen LogP contribution in [0, 0.1) is 0 Å².